The largest absolute Gasteiger partial charge is 0.456 e. The quantitative estimate of drug-likeness (QED) is 0.559. The Bertz CT molecular complexity index is 983. The number of ether oxygens (including phenoxy) is 5. The molecule has 1 amide bonds. The Labute approximate surface area is 171 Å². The molecule has 0 fully saturated rings. The van der Waals surface area contributed by atoms with Crippen LogP contribution in [0, 0.1) is 0 Å². The van der Waals surface area contributed by atoms with Gasteiger partial charge in [0, 0.05) is 20.8 Å². The molecule has 4 atom stereocenters. The summed E-state index contributed by atoms with van der Waals surface area (Å²) in [7, 11) is 0. The molecule has 0 aromatic heterocycles. The summed E-state index contributed by atoms with van der Waals surface area (Å²) in [5, 5.41) is 2.79. The summed E-state index contributed by atoms with van der Waals surface area (Å²) in [6.45, 7) is 3.62. The lowest BCUT2D eigenvalue weighted by atomic mass is 9.79. The van der Waals surface area contributed by atoms with E-state index in [-0.39, 0.29) is 6.79 Å². The minimum Gasteiger partial charge on any atom is -0.456 e. The summed E-state index contributed by atoms with van der Waals surface area (Å²) in [5.74, 6) is -1.44. The number of carbonyl (C=O) groups is 4. The number of nitrogens with one attached hydrogen (secondary N) is 1. The Morgan fingerprint density at radius 1 is 0.900 bits per heavy atom. The van der Waals surface area contributed by atoms with E-state index in [1.807, 2.05) is 0 Å². The number of carbonyl (C=O) groups excluding carboxylic acids is 4. The van der Waals surface area contributed by atoms with Gasteiger partial charge >= 0.3 is 17.9 Å². The maximum absolute atomic E-state index is 12.8. The number of benzene rings is 1. The van der Waals surface area contributed by atoms with Gasteiger partial charge in [-0.05, 0) is 29.3 Å². The van der Waals surface area contributed by atoms with Gasteiger partial charge in [0.2, 0.25) is 6.79 Å². The summed E-state index contributed by atoms with van der Waals surface area (Å²) < 4.78 is 26.9. The van der Waals surface area contributed by atoms with Crippen LogP contribution < -0.4 is 14.8 Å². The highest BCUT2D eigenvalue weighted by molar-refractivity contribution is 6.05. The zero-order valence-electron chi connectivity index (χ0n) is 16.4. The first-order chi connectivity index (χ1) is 14.2. The molecule has 158 valence electrons. The minimum absolute atomic E-state index is 0.0307. The third kappa shape index (κ3) is 3.44. The summed E-state index contributed by atoms with van der Waals surface area (Å²) in [6, 6.07) is 2.38. The van der Waals surface area contributed by atoms with E-state index in [2.05, 4.69) is 5.32 Å². The van der Waals surface area contributed by atoms with Crippen molar-refractivity contribution in [3.63, 3.8) is 0 Å². The molecule has 3 aliphatic rings. The van der Waals surface area contributed by atoms with E-state index in [0.29, 0.717) is 28.2 Å². The predicted molar refractivity (Wildman–Crippen MR) is 98.5 cm³/mol. The van der Waals surface area contributed by atoms with E-state index in [0.717, 1.165) is 0 Å². The second kappa shape index (κ2) is 7.36. The van der Waals surface area contributed by atoms with Crippen LogP contribution in [0.3, 0.4) is 0 Å². The molecule has 0 spiro atoms. The van der Waals surface area contributed by atoms with Crippen LogP contribution in [-0.2, 0) is 28.6 Å². The first kappa shape index (κ1) is 19.7. The van der Waals surface area contributed by atoms with Crippen LogP contribution in [0.15, 0.2) is 18.2 Å². The molecular formula is C20H19NO9. The van der Waals surface area contributed by atoms with E-state index in [9.17, 15) is 19.2 Å². The molecule has 10 heteroatoms. The third-order valence-corrected chi connectivity index (χ3v) is 4.92. The molecule has 0 saturated carbocycles. The van der Waals surface area contributed by atoms with Gasteiger partial charge in [0.1, 0.15) is 0 Å². The minimum atomic E-state index is -1.14. The van der Waals surface area contributed by atoms with Gasteiger partial charge in [0.25, 0.3) is 5.91 Å². The average molecular weight is 417 g/mol. The molecule has 1 N–H and O–H groups in total. The van der Waals surface area contributed by atoms with Gasteiger partial charge in [-0.2, -0.15) is 0 Å². The molecule has 0 radical (unpaired) electrons. The second-order valence-corrected chi connectivity index (χ2v) is 7.05. The summed E-state index contributed by atoms with van der Waals surface area (Å²) in [6.07, 6.45) is -1.70. The van der Waals surface area contributed by atoms with Gasteiger partial charge < -0.3 is 29.0 Å². The van der Waals surface area contributed by atoms with Crippen LogP contribution in [0.5, 0.6) is 11.5 Å². The molecule has 0 unspecified atom stereocenters. The Hall–Kier alpha value is -3.56. The summed E-state index contributed by atoms with van der Waals surface area (Å²) in [4.78, 5) is 47.9. The van der Waals surface area contributed by atoms with E-state index in [1.165, 1.54) is 20.8 Å². The molecule has 0 bridgehead atoms. The third-order valence-electron chi connectivity index (χ3n) is 4.92. The molecule has 10 nitrogen and oxygen atoms in total. The van der Waals surface area contributed by atoms with Gasteiger partial charge in [0.05, 0.1) is 11.6 Å². The van der Waals surface area contributed by atoms with Crippen LogP contribution in [0.25, 0.3) is 5.57 Å². The highest BCUT2D eigenvalue weighted by atomic mass is 16.7. The monoisotopic (exact) mass is 417 g/mol. The smallest absolute Gasteiger partial charge is 0.303 e. The van der Waals surface area contributed by atoms with Crippen LogP contribution in [0.1, 0.15) is 36.7 Å². The van der Waals surface area contributed by atoms with Crippen molar-refractivity contribution < 1.29 is 42.9 Å². The van der Waals surface area contributed by atoms with Crippen molar-refractivity contribution in [2.24, 2.45) is 0 Å². The van der Waals surface area contributed by atoms with Crippen LogP contribution >= 0.6 is 0 Å². The SMILES string of the molecule is CC(=O)O[C@@H]1[C@H](OC(C)=O)[C@@H](OC(C)=O)C=C2c3cc4c(cc3C(=O)N[C@H]21)OCO4. The summed E-state index contributed by atoms with van der Waals surface area (Å²) >= 11 is 0. The van der Waals surface area contributed by atoms with Gasteiger partial charge in [-0.3, -0.25) is 19.2 Å². The molecular weight excluding hydrogens is 398 g/mol. The maximum Gasteiger partial charge on any atom is 0.303 e. The molecule has 30 heavy (non-hydrogen) atoms. The number of amides is 1. The standard InChI is InChI=1S/C20H19NO9/c1-8(22)28-16-5-12-11-4-14-15(27-7-26-14)6-13(11)20(25)21-17(12)19(30-10(3)24)18(16)29-9(2)23/h4-6,16-19H,7H2,1-3H3,(H,21,25)/t16-,17+,18+,19-/m0/s1. The number of hydrogen-bond donors (Lipinski definition) is 1. The van der Waals surface area contributed by atoms with Crippen LogP contribution in [0.4, 0.5) is 0 Å². The molecule has 1 aliphatic carbocycles. The number of hydrogen-bond acceptors (Lipinski definition) is 9. The Morgan fingerprint density at radius 3 is 2.07 bits per heavy atom. The second-order valence-electron chi connectivity index (χ2n) is 7.05. The Kier molecular flexibility index (Phi) is 4.84. The van der Waals surface area contributed by atoms with Crippen molar-refractivity contribution >= 4 is 29.4 Å². The molecule has 2 aliphatic heterocycles. The first-order valence-electron chi connectivity index (χ1n) is 9.23. The Balaban J connectivity index is 1.86. The average Bonchev–Trinajstić information content (AvgIpc) is 3.10. The fourth-order valence-corrected chi connectivity index (χ4v) is 3.88. The number of rotatable bonds is 3. The highest BCUT2D eigenvalue weighted by Crippen LogP contribution is 2.43. The topological polar surface area (TPSA) is 126 Å². The Morgan fingerprint density at radius 2 is 1.47 bits per heavy atom. The van der Waals surface area contributed by atoms with Gasteiger partial charge in [-0.15, -0.1) is 0 Å². The van der Waals surface area contributed by atoms with Crippen molar-refractivity contribution in [3.8, 4) is 11.5 Å². The number of fused-ring (bicyclic) bond motifs is 4. The van der Waals surface area contributed by atoms with Crippen molar-refractivity contribution in [2.75, 3.05) is 6.79 Å². The fourth-order valence-electron chi connectivity index (χ4n) is 3.88. The van der Waals surface area contributed by atoms with Crippen molar-refractivity contribution in [2.45, 2.75) is 45.1 Å². The van der Waals surface area contributed by atoms with E-state index < -0.39 is 48.2 Å². The molecule has 0 saturated heterocycles. The normalized spacial score (nSPS) is 25.8. The van der Waals surface area contributed by atoms with E-state index in [1.54, 1.807) is 18.2 Å². The van der Waals surface area contributed by atoms with E-state index >= 15 is 0 Å². The molecule has 1 aromatic carbocycles. The molecule has 1 aromatic rings. The van der Waals surface area contributed by atoms with Crippen molar-refractivity contribution in [3.05, 3.63) is 29.3 Å². The van der Waals surface area contributed by atoms with Gasteiger partial charge in [-0.25, -0.2) is 0 Å². The highest BCUT2D eigenvalue weighted by Gasteiger charge is 2.49. The lowest BCUT2D eigenvalue weighted by Gasteiger charge is -2.42. The van der Waals surface area contributed by atoms with E-state index in [4.69, 9.17) is 23.7 Å². The van der Waals surface area contributed by atoms with Crippen LogP contribution in [0.2, 0.25) is 0 Å². The van der Waals surface area contributed by atoms with Gasteiger partial charge in [0.15, 0.2) is 29.8 Å². The fraction of sp³-hybridized carbons (Fsp3) is 0.400. The van der Waals surface area contributed by atoms with Crippen molar-refractivity contribution in [1.82, 2.24) is 5.32 Å². The lowest BCUT2D eigenvalue weighted by molar-refractivity contribution is -0.181. The lowest BCUT2D eigenvalue weighted by Crippen LogP contribution is -2.60. The van der Waals surface area contributed by atoms with Crippen molar-refractivity contribution in [1.29, 1.82) is 0 Å². The molecule has 2 heterocycles. The predicted octanol–water partition coefficient (Wildman–Crippen LogP) is 0.719. The molecule has 4 rings (SSSR count). The number of esters is 3. The summed E-state index contributed by atoms with van der Waals surface area (Å²) in [5.41, 5.74) is 1.39. The zero-order chi connectivity index (χ0) is 21.6. The zero-order valence-corrected chi connectivity index (χ0v) is 16.4. The first-order valence-corrected chi connectivity index (χ1v) is 9.23. The van der Waals surface area contributed by atoms with Gasteiger partial charge in [-0.1, -0.05) is 0 Å². The van der Waals surface area contributed by atoms with Crippen LogP contribution in [-0.4, -0.2) is 55.0 Å². The maximum atomic E-state index is 12.8.